The molecular formula is C20H24N4O4. The molecule has 1 saturated carbocycles. The Morgan fingerprint density at radius 1 is 0.714 bits per heavy atom. The molecule has 0 saturated heterocycles. The lowest BCUT2D eigenvalue weighted by atomic mass is 9.91. The largest absolute Gasteiger partial charge is 0.249 e. The van der Waals surface area contributed by atoms with E-state index in [4.69, 9.17) is 9.68 Å². The van der Waals surface area contributed by atoms with Gasteiger partial charge in [0.05, 0.1) is 10.6 Å². The van der Waals surface area contributed by atoms with Crippen LogP contribution in [0.1, 0.15) is 36.8 Å². The summed E-state index contributed by atoms with van der Waals surface area (Å²) in [5.41, 5.74) is 1.85. The van der Waals surface area contributed by atoms with Crippen molar-refractivity contribution in [3.05, 3.63) is 81.6 Å². The van der Waals surface area contributed by atoms with Crippen molar-refractivity contribution >= 4 is 0 Å². The molecule has 1 aliphatic carbocycles. The topological polar surface area (TPSA) is 83.8 Å². The minimum atomic E-state index is -0.413. The molecule has 2 atom stereocenters. The zero-order valence-corrected chi connectivity index (χ0v) is 15.6. The van der Waals surface area contributed by atoms with Crippen molar-refractivity contribution in [3.8, 4) is 0 Å². The van der Waals surface area contributed by atoms with Crippen molar-refractivity contribution in [1.82, 2.24) is 10.3 Å². The van der Waals surface area contributed by atoms with Crippen molar-refractivity contribution in [2.75, 3.05) is 0 Å². The average Bonchev–Trinajstić information content (AvgIpc) is 2.77. The second-order valence-corrected chi connectivity index (χ2v) is 6.71. The molecule has 0 heterocycles. The molecule has 8 nitrogen and oxygen atoms in total. The number of hydrogen-bond donors (Lipinski definition) is 0. The monoisotopic (exact) mass is 384 g/mol. The molecule has 1 aliphatic rings. The van der Waals surface area contributed by atoms with Crippen molar-refractivity contribution in [1.29, 1.82) is 0 Å². The number of hydrogen-bond acceptors (Lipinski definition) is 6. The van der Waals surface area contributed by atoms with Crippen LogP contribution in [0.25, 0.3) is 0 Å². The Kier molecular flexibility index (Phi) is 7.45. The molecule has 148 valence electrons. The van der Waals surface area contributed by atoms with Crippen molar-refractivity contribution in [2.24, 2.45) is 10.6 Å². The first-order chi connectivity index (χ1) is 13.8. The molecule has 28 heavy (non-hydrogen) atoms. The standard InChI is InChI=1S/C20H24N4O4/c25-21-23(27-15-17-9-3-1-4-10-17)19-13-7-8-14-20(19)24(22-26)28-16-18-11-5-2-6-12-18/h1-6,9-12,19-20H,7-8,13-16H2. The Balaban J connectivity index is 1.64. The molecule has 0 N–H and O–H groups in total. The molecule has 0 aromatic heterocycles. The number of benzene rings is 2. The zero-order valence-electron chi connectivity index (χ0n) is 15.6. The summed E-state index contributed by atoms with van der Waals surface area (Å²) in [4.78, 5) is 34.2. The van der Waals surface area contributed by atoms with E-state index in [-0.39, 0.29) is 13.2 Å². The summed E-state index contributed by atoms with van der Waals surface area (Å²) in [6, 6.07) is 18.2. The van der Waals surface area contributed by atoms with Crippen LogP contribution in [0.2, 0.25) is 0 Å². The van der Waals surface area contributed by atoms with Gasteiger partial charge in [-0.3, -0.25) is 0 Å². The van der Waals surface area contributed by atoms with E-state index in [0.717, 1.165) is 34.3 Å². The SMILES string of the molecule is O=NN(OCc1ccccc1)C1CCCCC1N(N=O)OCc1ccccc1. The van der Waals surface area contributed by atoms with Crippen LogP contribution < -0.4 is 0 Å². The maximum atomic E-state index is 11.4. The van der Waals surface area contributed by atoms with Crippen LogP contribution in [-0.4, -0.2) is 22.4 Å². The third kappa shape index (κ3) is 5.34. The van der Waals surface area contributed by atoms with Crippen LogP contribution in [0.3, 0.4) is 0 Å². The average molecular weight is 384 g/mol. The number of hydroxylamine groups is 2. The van der Waals surface area contributed by atoms with E-state index in [9.17, 15) is 9.81 Å². The molecule has 0 radical (unpaired) electrons. The quantitative estimate of drug-likeness (QED) is 0.442. The molecule has 2 aromatic carbocycles. The van der Waals surface area contributed by atoms with E-state index in [1.165, 1.54) is 0 Å². The summed E-state index contributed by atoms with van der Waals surface area (Å²) in [7, 11) is 0. The predicted molar refractivity (Wildman–Crippen MR) is 104 cm³/mol. The molecule has 0 amide bonds. The minimum absolute atomic E-state index is 0.217. The second-order valence-electron chi connectivity index (χ2n) is 6.71. The number of rotatable bonds is 10. The van der Waals surface area contributed by atoms with Crippen molar-refractivity contribution in [3.63, 3.8) is 0 Å². The smallest absolute Gasteiger partial charge is 0.104 e. The Labute approximate surface area is 163 Å². The molecular weight excluding hydrogens is 360 g/mol. The van der Waals surface area contributed by atoms with Crippen LogP contribution in [0, 0.1) is 9.81 Å². The van der Waals surface area contributed by atoms with E-state index >= 15 is 0 Å². The van der Waals surface area contributed by atoms with Gasteiger partial charge < -0.3 is 0 Å². The molecule has 2 unspecified atom stereocenters. The van der Waals surface area contributed by atoms with E-state index in [2.05, 4.69) is 10.6 Å². The third-order valence-corrected chi connectivity index (χ3v) is 4.83. The van der Waals surface area contributed by atoms with Gasteiger partial charge in [0.15, 0.2) is 0 Å². The summed E-state index contributed by atoms with van der Waals surface area (Å²) in [6.07, 6.45) is 3.14. The van der Waals surface area contributed by atoms with Crippen LogP contribution in [-0.2, 0) is 22.9 Å². The van der Waals surface area contributed by atoms with Gasteiger partial charge in [0.2, 0.25) is 0 Å². The molecule has 0 bridgehead atoms. The Morgan fingerprint density at radius 3 is 1.46 bits per heavy atom. The summed E-state index contributed by atoms with van der Waals surface area (Å²) in [6.45, 7) is 0.435. The third-order valence-electron chi connectivity index (χ3n) is 4.83. The molecule has 8 heteroatoms. The molecule has 0 aliphatic heterocycles. The van der Waals surface area contributed by atoms with E-state index in [1.54, 1.807) is 0 Å². The van der Waals surface area contributed by atoms with Crippen LogP contribution >= 0.6 is 0 Å². The fraction of sp³-hybridized carbons (Fsp3) is 0.400. The number of nitroso groups, excluding NO2 is 2. The van der Waals surface area contributed by atoms with Gasteiger partial charge in [0.1, 0.15) is 25.3 Å². The van der Waals surface area contributed by atoms with E-state index in [0.29, 0.717) is 12.8 Å². The maximum absolute atomic E-state index is 11.4. The van der Waals surface area contributed by atoms with Crippen LogP contribution in [0.5, 0.6) is 0 Å². The van der Waals surface area contributed by atoms with Gasteiger partial charge in [-0.1, -0.05) is 73.5 Å². The van der Waals surface area contributed by atoms with Gasteiger partial charge >= 0.3 is 0 Å². The fourth-order valence-electron chi connectivity index (χ4n) is 3.40. The number of nitrogens with zero attached hydrogens (tertiary/aromatic N) is 4. The predicted octanol–water partition coefficient (Wildman–Crippen LogP) is 4.53. The summed E-state index contributed by atoms with van der Waals surface area (Å²) in [5, 5.41) is 8.21. The summed E-state index contributed by atoms with van der Waals surface area (Å²) >= 11 is 0. The van der Waals surface area contributed by atoms with Gasteiger partial charge in [0, 0.05) is 0 Å². The molecule has 2 aromatic rings. The highest BCUT2D eigenvalue weighted by Crippen LogP contribution is 2.29. The van der Waals surface area contributed by atoms with E-state index in [1.807, 2.05) is 60.7 Å². The Morgan fingerprint density at radius 2 is 1.11 bits per heavy atom. The minimum Gasteiger partial charge on any atom is -0.249 e. The normalized spacial score (nSPS) is 19.0. The van der Waals surface area contributed by atoms with Crippen molar-refractivity contribution in [2.45, 2.75) is 51.0 Å². The Bertz CT molecular complexity index is 668. The lowest BCUT2D eigenvalue weighted by Gasteiger charge is -2.38. The van der Waals surface area contributed by atoms with Gasteiger partial charge in [-0.15, -0.1) is 20.2 Å². The highest BCUT2D eigenvalue weighted by Gasteiger charge is 2.37. The van der Waals surface area contributed by atoms with Crippen molar-refractivity contribution < 1.29 is 9.68 Å². The zero-order chi connectivity index (χ0) is 19.6. The van der Waals surface area contributed by atoms with Gasteiger partial charge in [-0.2, -0.15) is 0 Å². The maximum Gasteiger partial charge on any atom is 0.104 e. The first kappa shape index (κ1) is 19.9. The van der Waals surface area contributed by atoms with Crippen LogP contribution in [0.15, 0.2) is 71.2 Å². The highest BCUT2D eigenvalue weighted by molar-refractivity contribution is 5.14. The Hall–Kier alpha value is -2.84. The second kappa shape index (κ2) is 10.5. The fourth-order valence-corrected chi connectivity index (χ4v) is 3.40. The highest BCUT2D eigenvalue weighted by atomic mass is 16.7. The van der Waals surface area contributed by atoms with E-state index < -0.39 is 12.1 Å². The summed E-state index contributed by atoms with van der Waals surface area (Å²) in [5.74, 6) is 0. The first-order valence-electron chi connectivity index (χ1n) is 9.40. The lowest BCUT2D eigenvalue weighted by molar-refractivity contribution is -0.263. The van der Waals surface area contributed by atoms with Crippen LogP contribution in [0.4, 0.5) is 0 Å². The van der Waals surface area contributed by atoms with Gasteiger partial charge in [-0.25, -0.2) is 9.68 Å². The summed E-state index contributed by atoms with van der Waals surface area (Å²) < 4.78 is 0. The molecule has 3 rings (SSSR count). The lowest BCUT2D eigenvalue weighted by Crippen LogP contribution is -2.49. The van der Waals surface area contributed by atoms with Gasteiger partial charge in [0.25, 0.3) is 0 Å². The molecule has 0 spiro atoms. The molecule has 1 fully saturated rings. The van der Waals surface area contributed by atoms with Gasteiger partial charge in [-0.05, 0) is 24.0 Å². The first-order valence-corrected chi connectivity index (χ1v) is 9.40.